The van der Waals surface area contributed by atoms with Gasteiger partial charge in [-0.25, -0.2) is 0 Å². The number of rotatable bonds is 14. The Morgan fingerprint density at radius 2 is 1.58 bits per heavy atom. The molecule has 4 aliphatic carbocycles. The maximum atomic E-state index is 12.9. The van der Waals surface area contributed by atoms with Crippen molar-refractivity contribution in [1.82, 2.24) is 5.32 Å². The maximum absolute atomic E-state index is 12.9. The zero-order valence-electron chi connectivity index (χ0n) is 26.3. The maximum Gasteiger partial charge on any atom is 0.453 e. The van der Waals surface area contributed by atoms with Crippen molar-refractivity contribution < 1.29 is 36.6 Å². The fraction of sp³-hybridized carbons (Fsp3) is 0.941. The van der Waals surface area contributed by atoms with Gasteiger partial charge < -0.3 is 10.4 Å². The van der Waals surface area contributed by atoms with Crippen LogP contribution in [0.15, 0.2) is 0 Å². The van der Waals surface area contributed by atoms with Crippen LogP contribution in [0.5, 0.6) is 0 Å². The molecule has 4 aliphatic rings. The van der Waals surface area contributed by atoms with Crippen LogP contribution in [0.25, 0.3) is 0 Å². The van der Waals surface area contributed by atoms with E-state index < -0.39 is 30.8 Å². The fourth-order valence-corrected chi connectivity index (χ4v) is 10.0. The number of alkyl halides is 5. The Balaban J connectivity index is 1.14. The van der Waals surface area contributed by atoms with E-state index in [1.165, 1.54) is 32.1 Å². The molecule has 9 heteroatoms. The average molecular weight is 620 g/mol. The second kappa shape index (κ2) is 14.0. The zero-order valence-corrected chi connectivity index (χ0v) is 26.3. The summed E-state index contributed by atoms with van der Waals surface area (Å²) in [6, 6.07) is 0. The summed E-state index contributed by atoms with van der Waals surface area (Å²) in [5.41, 5.74) is 0.281. The monoisotopic (exact) mass is 619 g/mol. The van der Waals surface area contributed by atoms with Crippen LogP contribution >= 0.6 is 0 Å². The van der Waals surface area contributed by atoms with E-state index in [0.29, 0.717) is 41.9 Å². The number of unbranched alkanes of at least 4 members (excludes halogenated alkanes) is 6. The molecule has 4 fully saturated rings. The molecule has 2 N–H and O–H groups in total. The van der Waals surface area contributed by atoms with Crippen molar-refractivity contribution >= 4 is 11.7 Å². The number of aliphatic hydroxyl groups is 1. The molecule has 0 radical (unpaired) electrons. The molecule has 0 saturated heterocycles. The molecule has 0 bridgehead atoms. The number of fused-ring (bicyclic) bond motifs is 5. The molecule has 4 saturated carbocycles. The van der Waals surface area contributed by atoms with Gasteiger partial charge in [-0.2, -0.15) is 22.0 Å². The van der Waals surface area contributed by atoms with Gasteiger partial charge in [-0.05, 0) is 91.8 Å². The van der Waals surface area contributed by atoms with Crippen molar-refractivity contribution in [2.24, 2.45) is 40.4 Å². The summed E-state index contributed by atoms with van der Waals surface area (Å²) >= 11 is 0. The first-order chi connectivity index (χ1) is 20.2. The third kappa shape index (κ3) is 7.77. The molecule has 248 valence electrons. The Labute approximate surface area is 254 Å². The van der Waals surface area contributed by atoms with Crippen LogP contribution in [-0.4, -0.2) is 41.5 Å². The summed E-state index contributed by atoms with van der Waals surface area (Å²) in [6.07, 6.45) is 8.74. The summed E-state index contributed by atoms with van der Waals surface area (Å²) < 4.78 is 62.5. The second-order valence-electron chi connectivity index (χ2n) is 15.1. The van der Waals surface area contributed by atoms with Gasteiger partial charge in [0, 0.05) is 32.2 Å². The fourth-order valence-electron chi connectivity index (χ4n) is 10.0. The highest BCUT2D eigenvalue weighted by molar-refractivity contribution is 5.79. The van der Waals surface area contributed by atoms with Crippen molar-refractivity contribution in [3.05, 3.63) is 0 Å². The summed E-state index contributed by atoms with van der Waals surface area (Å²) in [5.74, 6) is -1.69. The number of hydrogen-bond acceptors (Lipinski definition) is 3. The lowest BCUT2D eigenvalue weighted by Gasteiger charge is -2.62. The molecular formula is C34H54F5NO3. The normalized spacial score (nSPS) is 36.1. The van der Waals surface area contributed by atoms with Crippen LogP contribution in [-0.2, 0) is 9.59 Å². The summed E-state index contributed by atoms with van der Waals surface area (Å²) in [6.45, 7) is 5.26. The molecular weight excluding hydrogens is 565 g/mol. The number of hydrogen-bond donors (Lipinski definition) is 2. The Morgan fingerprint density at radius 3 is 2.28 bits per heavy atom. The van der Waals surface area contributed by atoms with E-state index in [9.17, 15) is 36.6 Å². The summed E-state index contributed by atoms with van der Waals surface area (Å²) in [5, 5.41) is 13.7. The van der Waals surface area contributed by atoms with E-state index >= 15 is 0 Å². The van der Waals surface area contributed by atoms with E-state index in [4.69, 9.17) is 0 Å². The lowest BCUT2D eigenvalue weighted by Crippen LogP contribution is -2.57. The topological polar surface area (TPSA) is 66.4 Å². The van der Waals surface area contributed by atoms with Crippen molar-refractivity contribution in [3.8, 4) is 0 Å². The Kier molecular flexibility index (Phi) is 11.3. The minimum atomic E-state index is -5.57. The van der Waals surface area contributed by atoms with Gasteiger partial charge in [0.1, 0.15) is 5.78 Å². The second-order valence-corrected chi connectivity index (χ2v) is 15.1. The van der Waals surface area contributed by atoms with E-state index in [0.717, 1.165) is 70.6 Å². The number of ketones is 1. The van der Waals surface area contributed by atoms with Gasteiger partial charge >= 0.3 is 12.1 Å². The first-order valence-electron chi connectivity index (χ1n) is 17.1. The number of nitrogens with one attached hydrogen (secondary N) is 1. The van der Waals surface area contributed by atoms with Crippen molar-refractivity contribution in [2.45, 2.75) is 154 Å². The third-order valence-corrected chi connectivity index (χ3v) is 12.4. The molecule has 0 aliphatic heterocycles. The highest BCUT2D eigenvalue weighted by Crippen LogP contribution is 2.68. The predicted molar refractivity (Wildman–Crippen MR) is 156 cm³/mol. The van der Waals surface area contributed by atoms with Crippen molar-refractivity contribution in [1.29, 1.82) is 0 Å². The number of halogens is 5. The lowest BCUT2D eigenvalue weighted by molar-refractivity contribution is -0.284. The van der Waals surface area contributed by atoms with Crippen LogP contribution in [0.4, 0.5) is 22.0 Å². The molecule has 4 rings (SSSR count). The van der Waals surface area contributed by atoms with Gasteiger partial charge in [0.2, 0.25) is 5.91 Å². The summed E-state index contributed by atoms with van der Waals surface area (Å²) in [4.78, 5) is 24.1. The SMILES string of the molecule is C[C@]12CCC(=O)C[C@@H]1CC[C@@H]1[C@@H]2[C@@H](CCCCCCCCCNC(=O)CCCC(F)(F)C(F)(F)F)C[C@]2(C)[C@@H](O)CC[C@@H]12. The number of carbonyl (C=O) groups excluding carboxylic acids is 2. The highest BCUT2D eigenvalue weighted by Gasteiger charge is 2.62. The third-order valence-electron chi connectivity index (χ3n) is 12.4. The number of aliphatic hydroxyl groups excluding tert-OH is 1. The number of amides is 1. The minimum absolute atomic E-state index is 0.0308. The molecule has 0 aromatic carbocycles. The Hall–Kier alpha value is -1.25. The minimum Gasteiger partial charge on any atom is -0.393 e. The molecule has 8 atom stereocenters. The van der Waals surface area contributed by atoms with Gasteiger partial charge in [0.25, 0.3) is 0 Å². The van der Waals surface area contributed by atoms with Crippen LogP contribution < -0.4 is 5.32 Å². The van der Waals surface area contributed by atoms with E-state index in [2.05, 4.69) is 19.2 Å². The van der Waals surface area contributed by atoms with E-state index in [1.807, 2.05) is 0 Å². The largest absolute Gasteiger partial charge is 0.453 e. The molecule has 0 aromatic rings. The van der Waals surface area contributed by atoms with Gasteiger partial charge in [0.05, 0.1) is 6.10 Å². The zero-order chi connectivity index (χ0) is 31.5. The smallest absolute Gasteiger partial charge is 0.393 e. The molecule has 0 aromatic heterocycles. The average Bonchev–Trinajstić information content (AvgIpc) is 3.22. The molecule has 0 unspecified atom stereocenters. The first-order valence-corrected chi connectivity index (χ1v) is 17.1. The van der Waals surface area contributed by atoms with Crippen LogP contribution in [0.1, 0.15) is 136 Å². The van der Waals surface area contributed by atoms with Crippen LogP contribution in [0.2, 0.25) is 0 Å². The standard InChI is InChI=1S/C34H54F5NO3/c1-31-19-17-25(41)21-24(31)13-14-26-27-15-16-28(42)32(27,2)22-23(30(26)31)11-8-6-4-3-5-7-9-20-40-29(43)12-10-18-33(35,36)34(37,38)39/h23-24,26-28,30,42H,3-22H2,1-2H3,(H,40,43)/t23-,24-,26-,27-,28-,30-,31-,32-/m0/s1. The Bertz CT molecular complexity index is 957. The van der Waals surface area contributed by atoms with Crippen molar-refractivity contribution in [3.63, 3.8) is 0 Å². The highest BCUT2D eigenvalue weighted by atomic mass is 19.4. The predicted octanol–water partition coefficient (Wildman–Crippen LogP) is 8.79. The van der Waals surface area contributed by atoms with Gasteiger partial charge in [-0.3, -0.25) is 9.59 Å². The number of carbonyl (C=O) groups is 2. The molecule has 43 heavy (non-hydrogen) atoms. The molecule has 0 spiro atoms. The molecule has 0 heterocycles. The van der Waals surface area contributed by atoms with E-state index in [1.54, 1.807) is 0 Å². The van der Waals surface area contributed by atoms with Crippen LogP contribution in [0.3, 0.4) is 0 Å². The molecule has 4 nitrogen and oxygen atoms in total. The Morgan fingerprint density at radius 1 is 0.907 bits per heavy atom. The molecule has 1 amide bonds. The summed E-state index contributed by atoms with van der Waals surface area (Å²) in [7, 11) is 0. The number of Topliss-reactive ketones (excluding diaryl/α,β-unsaturated/α-hetero) is 1. The quantitative estimate of drug-likeness (QED) is 0.151. The first kappa shape index (κ1) is 34.6. The van der Waals surface area contributed by atoms with Gasteiger partial charge in [0.15, 0.2) is 0 Å². The van der Waals surface area contributed by atoms with Gasteiger partial charge in [-0.15, -0.1) is 0 Å². The lowest BCUT2D eigenvalue weighted by atomic mass is 9.42. The van der Waals surface area contributed by atoms with Crippen LogP contribution in [0, 0.1) is 40.4 Å². The van der Waals surface area contributed by atoms with E-state index in [-0.39, 0.29) is 23.4 Å². The van der Waals surface area contributed by atoms with Gasteiger partial charge in [-0.1, -0.05) is 58.8 Å². The van der Waals surface area contributed by atoms with Crippen molar-refractivity contribution in [2.75, 3.05) is 6.54 Å².